The summed E-state index contributed by atoms with van der Waals surface area (Å²) in [5.41, 5.74) is 2.04. The van der Waals surface area contributed by atoms with Crippen LogP contribution in [0.25, 0.3) is 10.9 Å². The Hall–Kier alpha value is -3.60. The molecule has 4 aromatic rings. The average molecular weight is 503 g/mol. The summed E-state index contributed by atoms with van der Waals surface area (Å²) in [6.07, 6.45) is 0.216. The quantitative estimate of drug-likeness (QED) is 0.234. The minimum Gasteiger partial charge on any atom is -0.310 e. The zero-order chi connectivity index (χ0) is 24.8. The van der Waals surface area contributed by atoms with E-state index in [-0.39, 0.29) is 24.4 Å². The van der Waals surface area contributed by atoms with Crippen molar-refractivity contribution in [2.24, 2.45) is 0 Å². The number of fused-ring (bicyclic) bond motifs is 1. The molecule has 4 rings (SSSR count). The molecule has 0 spiro atoms. The van der Waals surface area contributed by atoms with Crippen LogP contribution in [0.4, 0.5) is 5.69 Å². The van der Waals surface area contributed by atoms with Crippen LogP contribution in [0.5, 0.6) is 0 Å². The monoisotopic (exact) mass is 502 g/mol. The van der Waals surface area contributed by atoms with E-state index in [1.54, 1.807) is 40.7 Å². The number of halogens is 1. The van der Waals surface area contributed by atoms with Gasteiger partial charge < -0.3 is 4.90 Å². The first-order valence-corrected chi connectivity index (χ1v) is 12.4. The molecule has 8 heteroatoms. The van der Waals surface area contributed by atoms with E-state index in [0.717, 1.165) is 11.3 Å². The van der Waals surface area contributed by atoms with Gasteiger partial charge in [0.2, 0.25) is 5.91 Å². The zero-order valence-corrected chi connectivity index (χ0v) is 20.7. The highest BCUT2D eigenvalue weighted by Crippen LogP contribution is 2.27. The lowest BCUT2D eigenvalue weighted by atomic mass is 10.2. The maximum absolute atomic E-state index is 13.5. The number of benzene rings is 3. The number of anilines is 1. The second-order valence-electron chi connectivity index (χ2n) is 7.92. The van der Waals surface area contributed by atoms with Crippen molar-refractivity contribution < 1.29 is 4.79 Å². The molecule has 6 nitrogen and oxygen atoms in total. The molecule has 0 aliphatic carbocycles. The van der Waals surface area contributed by atoms with Crippen LogP contribution in [0, 0.1) is 11.3 Å². The Kier molecular flexibility index (Phi) is 7.86. The van der Waals surface area contributed by atoms with Crippen LogP contribution >= 0.6 is 23.4 Å². The smallest absolute Gasteiger partial charge is 0.262 e. The first-order chi connectivity index (χ1) is 17.0. The first-order valence-electron chi connectivity index (χ1n) is 11.1. The maximum atomic E-state index is 13.5. The summed E-state index contributed by atoms with van der Waals surface area (Å²) >= 11 is 7.27. The van der Waals surface area contributed by atoms with E-state index in [1.807, 2.05) is 54.6 Å². The van der Waals surface area contributed by atoms with Gasteiger partial charge in [-0.05, 0) is 48.9 Å². The highest BCUT2D eigenvalue weighted by atomic mass is 35.5. The molecule has 1 heterocycles. The van der Waals surface area contributed by atoms with Crippen molar-refractivity contribution in [2.45, 2.75) is 30.3 Å². The minimum atomic E-state index is -0.543. The van der Waals surface area contributed by atoms with E-state index in [9.17, 15) is 9.59 Å². The summed E-state index contributed by atoms with van der Waals surface area (Å²) in [7, 11) is 0. The molecule has 176 valence electrons. The molecule has 0 aliphatic rings. The van der Waals surface area contributed by atoms with Crippen LogP contribution < -0.4 is 10.5 Å². The summed E-state index contributed by atoms with van der Waals surface area (Å²) < 4.78 is 1.60. The van der Waals surface area contributed by atoms with Gasteiger partial charge in [-0.3, -0.25) is 14.2 Å². The van der Waals surface area contributed by atoms with Gasteiger partial charge in [-0.1, -0.05) is 65.8 Å². The summed E-state index contributed by atoms with van der Waals surface area (Å²) in [6.45, 7) is 2.38. The van der Waals surface area contributed by atoms with Gasteiger partial charge in [0.25, 0.3) is 5.56 Å². The van der Waals surface area contributed by atoms with Gasteiger partial charge in [0.05, 0.1) is 35.2 Å². The predicted molar refractivity (Wildman–Crippen MR) is 141 cm³/mol. The molecule has 1 aromatic heterocycles. The highest BCUT2D eigenvalue weighted by Gasteiger charge is 2.25. The van der Waals surface area contributed by atoms with Crippen LogP contribution in [0.15, 0.2) is 88.8 Å². The standard InChI is InChI=1S/C27H23ClN4O2S/c1-19(25(33)31(17-7-16-29)22-8-3-2-4-9-22)35-27-30-24-11-6-5-10-23(24)26(34)32(27)18-20-12-14-21(28)15-13-20/h2-6,8-15,19H,7,17-18H2,1H3. The second-order valence-corrected chi connectivity index (χ2v) is 9.67. The zero-order valence-electron chi connectivity index (χ0n) is 19.1. The van der Waals surface area contributed by atoms with Crippen molar-refractivity contribution in [1.29, 1.82) is 5.26 Å². The molecular formula is C27H23ClN4O2S. The molecule has 1 unspecified atom stereocenters. The van der Waals surface area contributed by atoms with Gasteiger partial charge >= 0.3 is 0 Å². The summed E-state index contributed by atoms with van der Waals surface area (Å²) in [5.74, 6) is -0.156. The Bertz CT molecular complexity index is 1430. The Morgan fingerprint density at radius 3 is 2.49 bits per heavy atom. The fourth-order valence-corrected chi connectivity index (χ4v) is 4.81. The Morgan fingerprint density at radius 1 is 1.09 bits per heavy atom. The topological polar surface area (TPSA) is 79.0 Å². The number of carbonyl (C=O) groups excluding carboxylic acids is 1. The molecule has 0 aliphatic heterocycles. The highest BCUT2D eigenvalue weighted by molar-refractivity contribution is 8.00. The lowest BCUT2D eigenvalue weighted by Gasteiger charge is -2.25. The normalized spacial score (nSPS) is 11.7. The SMILES string of the molecule is CC(Sc1nc2ccccc2c(=O)n1Cc1ccc(Cl)cc1)C(=O)N(CCC#N)c1ccccc1. The van der Waals surface area contributed by atoms with Crippen molar-refractivity contribution >= 4 is 45.9 Å². The van der Waals surface area contributed by atoms with Gasteiger partial charge in [0, 0.05) is 17.3 Å². The summed E-state index contributed by atoms with van der Waals surface area (Å²) in [4.78, 5) is 33.3. The number of aromatic nitrogens is 2. The maximum Gasteiger partial charge on any atom is 0.262 e. The Labute approximate surface area is 212 Å². The summed E-state index contributed by atoms with van der Waals surface area (Å²) in [5, 5.41) is 10.1. The van der Waals surface area contributed by atoms with Crippen LogP contribution in [-0.4, -0.2) is 27.3 Å². The second kappa shape index (κ2) is 11.2. The van der Waals surface area contributed by atoms with Gasteiger partial charge in [-0.25, -0.2) is 4.98 Å². The van der Waals surface area contributed by atoms with Crippen molar-refractivity contribution in [2.75, 3.05) is 11.4 Å². The number of thioether (sulfide) groups is 1. The number of carbonyl (C=O) groups is 1. The lowest BCUT2D eigenvalue weighted by Crippen LogP contribution is -2.37. The number of nitriles is 1. The third-order valence-corrected chi connectivity index (χ3v) is 6.82. The molecule has 1 atom stereocenters. The molecule has 0 radical (unpaired) electrons. The fraction of sp³-hybridized carbons (Fsp3) is 0.185. The third-order valence-electron chi connectivity index (χ3n) is 5.49. The number of hydrogen-bond acceptors (Lipinski definition) is 5. The molecule has 0 fully saturated rings. The molecule has 0 bridgehead atoms. The minimum absolute atomic E-state index is 0.156. The first kappa shape index (κ1) is 24.5. The van der Waals surface area contributed by atoms with Crippen LogP contribution in [-0.2, 0) is 11.3 Å². The van der Waals surface area contributed by atoms with E-state index in [0.29, 0.717) is 27.6 Å². The van der Waals surface area contributed by atoms with Gasteiger partial charge in [-0.2, -0.15) is 5.26 Å². The van der Waals surface area contributed by atoms with E-state index in [1.165, 1.54) is 11.8 Å². The average Bonchev–Trinajstić information content (AvgIpc) is 2.88. The molecule has 35 heavy (non-hydrogen) atoms. The van der Waals surface area contributed by atoms with Gasteiger partial charge in [0.1, 0.15) is 0 Å². The van der Waals surface area contributed by atoms with Crippen LogP contribution in [0.2, 0.25) is 5.02 Å². The number of hydrogen-bond donors (Lipinski definition) is 0. The van der Waals surface area contributed by atoms with Crippen LogP contribution in [0.3, 0.4) is 0 Å². The number of amides is 1. The van der Waals surface area contributed by atoms with Crippen molar-refractivity contribution in [1.82, 2.24) is 9.55 Å². The number of rotatable bonds is 8. The molecule has 3 aromatic carbocycles. The summed E-state index contributed by atoms with van der Waals surface area (Å²) in [6, 6.07) is 25.9. The number of para-hydroxylation sites is 2. The predicted octanol–water partition coefficient (Wildman–Crippen LogP) is 5.53. The van der Waals surface area contributed by atoms with E-state index >= 15 is 0 Å². The van der Waals surface area contributed by atoms with E-state index in [4.69, 9.17) is 21.8 Å². The lowest BCUT2D eigenvalue weighted by molar-refractivity contribution is -0.117. The third kappa shape index (κ3) is 5.73. The number of nitrogens with zero attached hydrogens (tertiary/aromatic N) is 4. The van der Waals surface area contributed by atoms with E-state index < -0.39 is 5.25 Å². The van der Waals surface area contributed by atoms with Gasteiger partial charge in [0.15, 0.2) is 5.16 Å². The Morgan fingerprint density at radius 2 is 1.77 bits per heavy atom. The fourth-order valence-electron chi connectivity index (χ4n) is 3.71. The molecular weight excluding hydrogens is 480 g/mol. The van der Waals surface area contributed by atoms with Gasteiger partial charge in [-0.15, -0.1) is 0 Å². The Balaban J connectivity index is 1.70. The molecule has 0 N–H and O–H groups in total. The molecule has 0 saturated heterocycles. The van der Waals surface area contributed by atoms with Crippen LogP contribution in [0.1, 0.15) is 18.9 Å². The van der Waals surface area contributed by atoms with Crippen molar-refractivity contribution in [3.63, 3.8) is 0 Å². The van der Waals surface area contributed by atoms with Crippen molar-refractivity contribution in [3.05, 3.63) is 99.8 Å². The molecule has 1 amide bonds. The van der Waals surface area contributed by atoms with Crippen molar-refractivity contribution in [3.8, 4) is 6.07 Å². The van der Waals surface area contributed by atoms with E-state index in [2.05, 4.69) is 6.07 Å². The molecule has 0 saturated carbocycles. The largest absolute Gasteiger partial charge is 0.310 e.